The van der Waals surface area contributed by atoms with Crippen molar-refractivity contribution in [2.45, 2.75) is 83.1 Å². The molecule has 2 amide bonds. The maximum absolute atomic E-state index is 14.6. The van der Waals surface area contributed by atoms with Gasteiger partial charge in [0.15, 0.2) is 0 Å². The van der Waals surface area contributed by atoms with E-state index in [4.69, 9.17) is 9.47 Å². The Morgan fingerprint density at radius 3 is 2.43 bits per heavy atom. The Hall–Kier alpha value is -3.17. The van der Waals surface area contributed by atoms with Gasteiger partial charge in [0.2, 0.25) is 5.91 Å². The lowest BCUT2D eigenvalue weighted by atomic mass is 9.70. The largest absolute Gasteiger partial charge is 0.465 e. The quantitative estimate of drug-likeness (QED) is 0.178. The molecule has 3 saturated heterocycles. The van der Waals surface area contributed by atoms with E-state index >= 15 is 0 Å². The van der Waals surface area contributed by atoms with Crippen molar-refractivity contribution in [2.75, 3.05) is 42.6 Å². The molecule has 0 radical (unpaired) electrons. The highest BCUT2D eigenvalue weighted by Gasteiger charge is 2.75. The van der Waals surface area contributed by atoms with E-state index in [9.17, 15) is 19.5 Å². The van der Waals surface area contributed by atoms with E-state index in [1.165, 1.54) is 4.90 Å². The number of fused-ring (bicyclic) bond motifs is 1. The normalized spacial score (nSPS) is 26.6. The molecule has 2 bridgehead atoms. The Labute approximate surface area is 250 Å². The third-order valence-electron chi connectivity index (χ3n) is 9.23. The summed E-state index contributed by atoms with van der Waals surface area (Å²) in [5, 5.41) is 10.3. The number of carbonyl (C=O) groups excluding carboxylic acids is 3. The second kappa shape index (κ2) is 13.9. The van der Waals surface area contributed by atoms with Crippen LogP contribution in [0.25, 0.3) is 0 Å². The van der Waals surface area contributed by atoms with Crippen LogP contribution in [-0.4, -0.2) is 84.4 Å². The Morgan fingerprint density at radius 1 is 1.14 bits per heavy atom. The fourth-order valence-corrected chi connectivity index (χ4v) is 7.14. The van der Waals surface area contributed by atoms with E-state index in [2.05, 4.69) is 31.9 Å². The Morgan fingerprint density at radius 2 is 1.83 bits per heavy atom. The maximum Gasteiger partial charge on any atom is 0.312 e. The zero-order valence-electron chi connectivity index (χ0n) is 25.4. The maximum atomic E-state index is 14.6. The van der Waals surface area contributed by atoms with Crippen molar-refractivity contribution in [3.8, 4) is 0 Å². The smallest absolute Gasteiger partial charge is 0.312 e. The first-order valence-electron chi connectivity index (χ1n) is 15.5. The van der Waals surface area contributed by atoms with Crippen LogP contribution in [0.2, 0.25) is 0 Å². The topological polar surface area (TPSA) is 99.6 Å². The number of amides is 2. The molecule has 3 aliphatic heterocycles. The highest BCUT2D eigenvalue weighted by molar-refractivity contribution is 6.05. The molecule has 3 heterocycles. The Bertz CT molecular complexity index is 1130. The van der Waals surface area contributed by atoms with E-state index in [1.54, 1.807) is 11.0 Å². The number of aliphatic hydroxyl groups is 1. The number of aliphatic hydroxyl groups excluding tert-OH is 1. The number of unbranched alkanes of at least 4 members (excludes halogenated alkanes) is 2. The molecule has 3 aliphatic rings. The van der Waals surface area contributed by atoms with E-state index < -0.39 is 41.6 Å². The third kappa shape index (κ3) is 5.61. The molecule has 4 rings (SSSR count). The van der Waals surface area contributed by atoms with Gasteiger partial charge in [-0.15, -0.1) is 13.2 Å². The molecule has 1 aromatic rings. The van der Waals surface area contributed by atoms with Gasteiger partial charge in [-0.1, -0.05) is 19.1 Å². The molecule has 230 valence electrons. The average molecular weight is 582 g/mol. The van der Waals surface area contributed by atoms with Crippen LogP contribution in [0.3, 0.4) is 0 Å². The Balaban J connectivity index is 1.68. The highest BCUT2D eigenvalue weighted by atomic mass is 16.6. The van der Waals surface area contributed by atoms with Crippen LogP contribution in [0.5, 0.6) is 0 Å². The van der Waals surface area contributed by atoms with Crippen molar-refractivity contribution in [2.24, 2.45) is 11.8 Å². The summed E-state index contributed by atoms with van der Waals surface area (Å²) in [6, 6.07) is 6.24. The van der Waals surface area contributed by atoms with Crippen LogP contribution < -0.4 is 9.80 Å². The summed E-state index contributed by atoms with van der Waals surface area (Å²) in [7, 11) is 0. The fourth-order valence-electron chi connectivity index (χ4n) is 7.14. The molecule has 6 atom stereocenters. The molecule has 1 N–H and O–H groups in total. The van der Waals surface area contributed by atoms with Gasteiger partial charge in [-0.3, -0.25) is 14.4 Å². The van der Waals surface area contributed by atoms with Gasteiger partial charge in [0.05, 0.1) is 37.2 Å². The molecule has 2 unspecified atom stereocenters. The summed E-state index contributed by atoms with van der Waals surface area (Å²) in [5.74, 6) is -2.67. The van der Waals surface area contributed by atoms with Gasteiger partial charge >= 0.3 is 5.97 Å². The van der Waals surface area contributed by atoms with Crippen LogP contribution in [0, 0.1) is 11.8 Å². The summed E-state index contributed by atoms with van der Waals surface area (Å²) in [6.07, 6.45) is 6.93. The van der Waals surface area contributed by atoms with Crippen LogP contribution in [0.4, 0.5) is 11.4 Å². The number of allylic oxidation sites excluding steroid dienone is 1. The molecule has 0 saturated carbocycles. The second-order valence-corrected chi connectivity index (χ2v) is 11.4. The van der Waals surface area contributed by atoms with Gasteiger partial charge in [-0.2, -0.15) is 0 Å². The molecule has 9 nitrogen and oxygen atoms in total. The molecular weight excluding hydrogens is 534 g/mol. The number of ether oxygens (including phenoxy) is 2. The standard InChI is InChI=1S/C33H47N3O6/c1-6-11-12-13-21-41-32(40)27-26-18-19-33(42-26)28(27)30(38)36(23(8-3)22-37)29(33)31(39)35(20-7-2)25-16-14-24(15-17-25)34(9-4)10-5/h6-7,14-17,23,26-29,37H,1-2,8-13,18-22H2,3-5H3/t23-,26-,27+,28-,29?,33?/m0/s1. The number of nitrogens with zero attached hydrogens (tertiary/aromatic N) is 3. The summed E-state index contributed by atoms with van der Waals surface area (Å²) in [5.41, 5.74) is 0.582. The Kier molecular flexibility index (Phi) is 10.5. The summed E-state index contributed by atoms with van der Waals surface area (Å²) in [6.45, 7) is 15.6. The van der Waals surface area contributed by atoms with Crippen molar-refractivity contribution < 1.29 is 29.0 Å². The number of benzene rings is 1. The summed E-state index contributed by atoms with van der Waals surface area (Å²) < 4.78 is 12.2. The van der Waals surface area contributed by atoms with Crippen LogP contribution in [-0.2, 0) is 23.9 Å². The summed E-state index contributed by atoms with van der Waals surface area (Å²) in [4.78, 5) is 47.6. The predicted molar refractivity (Wildman–Crippen MR) is 163 cm³/mol. The number of likely N-dealkylation sites (tertiary alicyclic amines) is 1. The third-order valence-corrected chi connectivity index (χ3v) is 9.23. The predicted octanol–water partition coefficient (Wildman–Crippen LogP) is 4.10. The van der Waals surface area contributed by atoms with E-state index in [0.717, 1.165) is 31.6 Å². The zero-order valence-corrected chi connectivity index (χ0v) is 25.4. The van der Waals surface area contributed by atoms with Crippen molar-refractivity contribution in [1.29, 1.82) is 0 Å². The first-order chi connectivity index (χ1) is 20.3. The number of anilines is 2. The highest BCUT2D eigenvalue weighted by Crippen LogP contribution is 2.59. The SMILES string of the molecule is C=CCCCCOC(=O)[C@@H]1[C@@H]2CCC3(O2)C(C(=O)N(CC=C)c2ccc(N(CC)CC)cc2)N([C@@H](CC)CO)C(=O)[C@H]13. The van der Waals surface area contributed by atoms with Crippen molar-refractivity contribution in [3.63, 3.8) is 0 Å². The van der Waals surface area contributed by atoms with Gasteiger partial charge in [0.25, 0.3) is 5.91 Å². The van der Waals surface area contributed by atoms with Gasteiger partial charge in [-0.25, -0.2) is 0 Å². The molecule has 9 heteroatoms. The molecule has 0 aliphatic carbocycles. The van der Waals surface area contributed by atoms with Crippen molar-refractivity contribution >= 4 is 29.2 Å². The molecule has 42 heavy (non-hydrogen) atoms. The minimum absolute atomic E-state index is 0.234. The van der Waals surface area contributed by atoms with Gasteiger partial charge < -0.3 is 29.3 Å². The first kappa shape index (κ1) is 31.8. The number of hydrogen-bond acceptors (Lipinski definition) is 7. The lowest BCUT2D eigenvalue weighted by Crippen LogP contribution is -2.59. The van der Waals surface area contributed by atoms with E-state index in [0.29, 0.717) is 31.4 Å². The molecule has 1 aromatic carbocycles. The van der Waals surface area contributed by atoms with Gasteiger partial charge in [-0.05, 0) is 76.6 Å². The molecule has 3 fully saturated rings. The molecule has 1 spiro atoms. The lowest BCUT2D eigenvalue weighted by molar-refractivity contribution is -0.156. The molecule has 0 aromatic heterocycles. The summed E-state index contributed by atoms with van der Waals surface area (Å²) >= 11 is 0. The van der Waals surface area contributed by atoms with Gasteiger partial charge in [0, 0.05) is 31.0 Å². The monoisotopic (exact) mass is 581 g/mol. The van der Waals surface area contributed by atoms with E-state index in [-0.39, 0.29) is 31.6 Å². The first-order valence-corrected chi connectivity index (χ1v) is 15.5. The average Bonchev–Trinajstić information content (AvgIpc) is 3.65. The zero-order chi connectivity index (χ0) is 30.4. The fraction of sp³-hybridized carbons (Fsp3) is 0.606. The van der Waals surface area contributed by atoms with Crippen molar-refractivity contribution in [1.82, 2.24) is 4.90 Å². The number of carbonyl (C=O) groups is 3. The van der Waals surface area contributed by atoms with E-state index in [1.807, 2.05) is 37.3 Å². The lowest BCUT2D eigenvalue weighted by Gasteiger charge is -2.39. The van der Waals surface area contributed by atoms with Crippen molar-refractivity contribution in [3.05, 3.63) is 49.6 Å². The number of hydrogen-bond donors (Lipinski definition) is 1. The second-order valence-electron chi connectivity index (χ2n) is 11.4. The van der Waals surface area contributed by atoms with Crippen LogP contribution in [0.15, 0.2) is 49.6 Å². The van der Waals surface area contributed by atoms with Crippen LogP contribution in [0.1, 0.15) is 59.3 Å². The minimum Gasteiger partial charge on any atom is -0.465 e. The molecular formula is C33H47N3O6. The minimum atomic E-state index is -1.16. The van der Waals surface area contributed by atoms with Gasteiger partial charge in [0.1, 0.15) is 11.6 Å². The number of esters is 1. The number of rotatable bonds is 16. The van der Waals surface area contributed by atoms with Crippen LogP contribution >= 0.6 is 0 Å².